The lowest BCUT2D eigenvalue weighted by molar-refractivity contribution is -0.145. The zero-order valence-corrected chi connectivity index (χ0v) is 17.2. The highest BCUT2D eigenvalue weighted by atomic mass is 19.1. The average Bonchev–Trinajstić information content (AvgIpc) is 3.39. The van der Waals surface area contributed by atoms with Crippen molar-refractivity contribution in [3.63, 3.8) is 0 Å². The SMILES string of the molecule is COC(=O)C1CC(Oc2ccccc2F)CN1C(=O)c1cnn(-c2ccccc2)c1C. The molecule has 1 saturated heterocycles. The number of methoxy groups -OCH3 is 1. The highest BCUT2D eigenvalue weighted by molar-refractivity contribution is 5.98. The molecular weight excluding hydrogens is 401 g/mol. The standard InChI is InChI=1S/C23H22FN3O4/c1-15-18(13-25-27(15)16-8-4-3-5-9-16)22(28)26-14-17(12-20(26)23(29)30-2)31-21-11-7-6-10-19(21)24/h3-11,13,17,20H,12,14H2,1-2H3. The predicted octanol–water partition coefficient (Wildman–Crippen LogP) is 3.15. The van der Waals surface area contributed by atoms with Crippen molar-refractivity contribution in [1.29, 1.82) is 0 Å². The average molecular weight is 423 g/mol. The molecule has 31 heavy (non-hydrogen) atoms. The molecule has 2 atom stereocenters. The second-order valence-corrected chi connectivity index (χ2v) is 7.29. The Morgan fingerprint density at radius 2 is 1.81 bits per heavy atom. The van der Waals surface area contributed by atoms with Crippen molar-refractivity contribution in [2.75, 3.05) is 13.7 Å². The van der Waals surface area contributed by atoms with E-state index in [1.54, 1.807) is 23.7 Å². The van der Waals surface area contributed by atoms with Crippen molar-refractivity contribution < 1.29 is 23.5 Å². The molecule has 7 nitrogen and oxygen atoms in total. The van der Waals surface area contributed by atoms with Crippen molar-refractivity contribution in [2.24, 2.45) is 0 Å². The van der Waals surface area contributed by atoms with Crippen LogP contribution >= 0.6 is 0 Å². The van der Waals surface area contributed by atoms with E-state index in [9.17, 15) is 14.0 Å². The van der Waals surface area contributed by atoms with Crippen LogP contribution in [-0.4, -0.2) is 52.4 Å². The van der Waals surface area contributed by atoms with Gasteiger partial charge in [0.1, 0.15) is 12.1 Å². The number of halogens is 1. The number of carbonyl (C=O) groups excluding carboxylic acids is 2. The highest BCUT2D eigenvalue weighted by Gasteiger charge is 2.42. The van der Waals surface area contributed by atoms with E-state index in [4.69, 9.17) is 9.47 Å². The molecular formula is C23H22FN3O4. The maximum atomic E-state index is 14.0. The Kier molecular flexibility index (Phi) is 5.70. The number of para-hydroxylation sites is 2. The summed E-state index contributed by atoms with van der Waals surface area (Å²) < 4.78 is 26.3. The van der Waals surface area contributed by atoms with Crippen LogP contribution < -0.4 is 4.74 Å². The van der Waals surface area contributed by atoms with E-state index in [-0.39, 0.29) is 24.6 Å². The topological polar surface area (TPSA) is 73.7 Å². The van der Waals surface area contributed by atoms with Gasteiger partial charge >= 0.3 is 5.97 Å². The smallest absolute Gasteiger partial charge is 0.328 e. The van der Waals surface area contributed by atoms with Crippen molar-refractivity contribution in [3.8, 4) is 11.4 Å². The molecule has 0 spiro atoms. The number of carbonyl (C=O) groups is 2. The van der Waals surface area contributed by atoms with E-state index in [1.807, 2.05) is 30.3 Å². The van der Waals surface area contributed by atoms with Gasteiger partial charge in [0.2, 0.25) is 0 Å². The van der Waals surface area contributed by atoms with Gasteiger partial charge in [0.25, 0.3) is 5.91 Å². The minimum Gasteiger partial charge on any atom is -0.485 e. The van der Waals surface area contributed by atoms with Crippen LogP contribution in [0.2, 0.25) is 0 Å². The first-order chi connectivity index (χ1) is 15.0. The van der Waals surface area contributed by atoms with Gasteiger partial charge in [-0.3, -0.25) is 4.79 Å². The Morgan fingerprint density at radius 1 is 1.10 bits per heavy atom. The van der Waals surface area contributed by atoms with Gasteiger partial charge in [-0.1, -0.05) is 30.3 Å². The lowest BCUT2D eigenvalue weighted by Gasteiger charge is -2.22. The van der Waals surface area contributed by atoms with Crippen LogP contribution in [-0.2, 0) is 9.53 Å². The second-order valence-electron chi connectivity index (χ2n) is 7.29. The molecule has 160 valence electrons. The Labute approximate surface area is 179 Å². The first kappa shape index (κ1) is 20.6. The number of benzene rings is 2. The molecule has 1 aliphatic heterocycles. The van der Waals surface area contributed by atoms with Crippen LogP contribution in [0.3, 0.4) is 0 Å². The molecule has 2 heterocycles. The van der Waals surface area contributed by atoms with Crippen LogP contribution in [0.15, 0.2) is 60.8 Å². The normalized spacial score (nSPS) is 18.1. The zero-order valence-electron chi connectivity index (χ0n) is 17.2. The summed E-state index contributed by atoms with van der Waals surface area (Å²) >= 11 is 0. The van der Waals surface area contributed by atoms with Crippen LogP contribution in [0, 0.1) is 12.7 Å². The number of aromatic nitrogens is 2. The molecule has 0 saturated carbocycles. The lowest BCUT2D eigenvalue weighted by Crippen LogP contribution is -2.41. The molecule has 3 aromatic rings. The number of nitrogens with zero attached hydrogens (tertiary/aromatic N) is 3. The Morgan fingerprint density at radius 3 is 2.52 bits per heavy atom. The number of rotatable bonds is 5. The molecule has 8 heteroatoms. The van der Waals surface area contributed by atoms with Crippen LogP contribution in [0.25, 0.3) is 5.69 Å². The molecule has 4 rings (SSSR count). The quantitative estimate of drug-likeness (QED) is 0.590. The highest BCUT2D eigenvalue weighted by Crippen LogP contribution is 2.28. The van der Waals surface area contributed by atoms with Crippen molar-refractivity contribution >= 4 is 11.9 Å². The van der Waals surface area contributed by atoms with Gasteiger partial charge in [0.15, 0.2) is 11.6 Å². The number of amides is 1. The van der Waals surface area contributed by atoms with E-state index >= 15 is 0 Å². The summed E-state index contributed by atoms with van der Waals surface area (Å²) in [6.45, 7) is 1.92. The first-order valence-corrected chi connectivity index (χ1v) is 9.89. The maximum absolute atomic E-state index is 14.0. The fourth-order valence-electron chi connectivity index (χ4n) is 3.79. The minimum atomic E-state index is -0.825. The summed E-state index contributed by atoms with van der Waals surface area (Å²) in [5.74, 6) is -1.31. The number of likely N-dealkylation sites (tertiary alicyclic amines) is 1. The summed E-state index contributed by atoms with van der Waals surface area (Å²) in [5.41, 5.74) is 1.85. The summed E-state index contributed by atoms with van der Waals surface area (Å²) in [6, 6.07) is 14.7. The molecule has 0 aliphatic carbocycles. The van der Waals surface area contributed by atoms with Gasteiger partial charge in [-0.15, -0.1) is 0 Å². The van der Waals surface area contributed by atoms with Crippen molar-refractivity contribution in [2.45, 2.75) is 25.5 Å². The molecule has 1 fully saturated rings. The Hall–Kier alpha value is -3.68. The maximum Gasteiger partial charge on any atom is 0.328 e. The van der Waals surface area contributed by atoms with E-state index < -0.39 is 23.9 Å². The van der Waals surface area contributed by atoms with Gasteiger partial charge in [0, 0.05) is 6.42 Å². The number of hydrogen-bond donors (Lipinski definition) is 0. The number of ether oxygens (including phenoxy) is 2. The van der Waals surface area contributed by atoms with Gasteiger partial charge in [-0.25, -0.2) is 13.9 Å². The van der Waals surface area contributed by atoms with E-state index in [0.29, 0.717) is 11.3 Å². The molecule has 0 N–H and O–H groups in total. The summed E-state index contributed by atoms with van der Waals surface area (Å²) in [4.78, 5) is 27.1. The van der Waals surface area contributed by atoms with Crippen LogP contribution in [0.1, 0.15) is 22.5 Å². The molecule has 0 radical (unpaired) electrons. The van der Waals surface area contributed by atoms with E-state index in [1.165, 1.54) is 30.3 Å². The van der Waals surface area contributed by atoms with Crippen LogP contribution in [0.4, 0.5) is 4.39 Å². The monoisotopic (exact) mass is 423 g/mol. The minimum absolute atomic E-state index is 0.0819. The molecule has 1 aromatic heterocycles. The largest absolute Gasteiger partial charge is 0.485 e. The van der Waals surface area contributed by atoms with Gasteiger partial charge in [-0.05, 0) is 31.2 Å². The van der Waals surface area contributed by atoms with Gasteiger partial charge in [0.05, 0.1) is 36.8 Å². The summed E-state index contributed by atoms with van der Waals surface area (Å²) in [5, 5.41) is 4.34. The van der Waals surface area contributed by atoms with Crippen molar-refractivity contribution in [3.05, 3.63) is 77.9 Å². The Bertz CT molecular complexity index is 1100. The molecule has 1 amide bonds. The summed E-state index contributed by atoms with van der Waals surface area (Å²) in [6.07, 6.45) is 1.15. The number of esters is 1. The number of hydrogen-bond acceptors (Lipinski definition) is 5. The Balaban J connectivity index is 1.59. The predicted molar refractivity (Wildman–Crippen MR) is 111 cm³/mol. The zero-order chi connectivity index (χ0) is 22.0. The van der Waals surface area contributed by atoms with Gasteiger partial charge < -0.3 is 14.4 Å². The lowest BCUT2D eigenvalue weighted by atomic mass is 10.1. The third-order valence-electron chi connectivity index (χ3n) is 5.37. The molecule has 2 aromatic carbocycles. The molecule has 1 aliphatic rings. The van der Waals surface area contributed by atoms with Crippen molar-refractivity contribution in [1.82, 2.24) is 14.7 Å². The first-order valence-electron chi connectivity index (χ1n) is 9.89. The summed E-state index contributed by atoms with van der Waals surface area (Å²) in [7, 11) is 1.27. The van der Waals surface area contributed by atoms with Gasteiger partial charge in [-0.2, -0.15) is 5.10 Å². The molecule has 2 unspecified atom stereocenters. The van der Waals surface area contributed by atoms with E-state index in [0.717, 1.165) is 5.69 Å². The van der Waals surface area contributed by atoms with Crippen LogP contribution in [0.5, 0.6) is 5.75 Å². The second kappa shape index (κ2) is 8.59. The third kappa shape index (κ3) is 4.01. The third-order valence-corrected chi connectivity index (χ3v) is 5.37. The fourth-order valence-corrected chi connectivity index (χ4v) is 3.79. The molecule has 0 bridgehead atoms. The van der Waals surface area contributed by atoms with E-state index in [2.05, 4.69) is 5.10 Å². The fraction of sp³-hybridized carbons (Fsp3) is 0.261.